The van der Waals surface area contributed by atoms with Gasteiger partial charge in [0.2, 0.25) is 0 Å². The van der Waals surface area contributed by atoms with Crippen molar-refractivity contribution < 1.29 is 38.1 Å². The molecular formula is C16H17Cl3O8. The van der Waals surface area contributed by atoms with Gasteiger partial charge in [0.25, 0.3) is 0 Å². The zero-order valence-corrected chi connectivity index (χ0v) is 16.7. The fraction of sp³-hybridized carbons (Fsp3) is 0.375. The summed E-state index contributed by atoms with van der Waals surface area (Å²) >= 11 is 16.5. The molecule has 2 atom stereocenters. The SMILES string of the molecule is C=C(Cl)COC(=O)C(C)OC(=O)C=C(Cl)C(=O)OC(C)C(=O)OCC(=C)Cl. The summed E-state index contributed by atoms with van der Waals surface area (Å²) in [6.07, 6.45) is -2.03. The number of hydrogen-bond donors (Lipinski definition) is 0. The number of carbonyl (C=O) groups excluding carboxylic acids is 4. The first kappa shape index (κ1) is 25.0. The highest BCUT2D eigenvalue weighted by atomic mass is 35.5. The summed E-state index contributed by atoms with van der Waals surface area (Å²) < 4.78 is 18.8. The third kappa shape index (κ3) is 11.3. The second kappa shape index (κ2) is 12.4. The second-order valence-corrected chi connectivity index (χ2v) is 6.35. The minimum Gasteiger partial charge on any atom is -0.457 e. The molecule has 0 saturated heterocycles. The van der Waals surface area contributed by atoms with Gasteiger partial charge in [0.05, 0.1) is 0 Å². The first-order chi connectivity index (χ1) is 12.4. The average Bonchev–Trinajstić information content (AvgIpc) is 2.56. The molecule has 0 bridgehead atoms. The molecule has 0 aliphatic carbocycles. The van der Waals surface area contributed by atoms with Crippen molar-refractivity contribution in [2.24, 2.45) is 0 Å². The number of esters is 4. The normalized spacial score (nSPS) is 13.0. The van der Waals surface area contributed by atoms with E-state index in [1.807, 2.05) is 0 Å². The van der Waals surface area contributed by atoms with Crippen molar-refractivity contribution in [3.63, 3.8) is 0 Å². The summed E-state index contributed by atoms with van der Waals surface area (Å²) in [7, 11) is 0. The van der Waals surface area contributed by atoms with Crippen LogP contribution in [0, 0.1) is 0 Å². The fourth-order valence-corrected chi connectivity index (χ4v) is 1.46. The van der Waals surface area contributed by atoms with Crippen molar-refractivity contribution >= 4 is 58.7 Å². The predicted octanol–water partition coefficient (Wildman–Crippen LogP) is 2.56. The van der Waals surface area contributed by atoms with Gasteiger partial charge >= 0.3 is 23.9 Å². The Morgan fingerprint density at radius 1 is 0.852 bits per heavy atom. The molecule has 11 heteroatoms. The summed E-state index contributed by atoms with van der Waals surface area (Å²) in [4.78, 5) is 46.4. The van der Waals surface area contributed by atoms with Gasteiger partial charge in [0, 0.05) is 16.1 Å². The molecule has 0 radical (unpaired) electrons. The Hall–Kier alpha value is -2.03. The van der Waals surface area contributed by atoms with E-state index in [1.165, 1.54) is 13.8 Å². The summed E-state index contributed by atoms with van der Waals surface area (Å²) in [5, 5.41) is -0.530. The van der Waals surface area contributed by atoms with E-state index < -0.39 is 41.1 Å². The largest absolute Gasteiger partial charge is 0.457 e. The topological polar surface area (TPSA) is 105 Å². The Kier molecular flexibility index (Phi) is 11.4. The minimum absolute atomic E-state index is 0.0746. The molecule has 0 saturated carbocycles. The molecule has 150 valence electrons. The summed E-state index contributed by atoms with van der Waals surface area (Å²) in [6.45, 7) is 8.59. The molecule has 0 N–H and O–H groups in total. The van der Waals surface area contributed by atoms with Crippen molar-refractivity contribution in [3.8, 4) is 0 Å². The highest BCUT2D eigenvalue weighted by Gasteiger charge is 2.23. The van der Waals surface area contributed by atoms with Crippen LogP contribution in [0.25, 0.3) is 0 Å². The van der Waals surface area contributed by atoms with Gasteiger partial charge in [-0.2, -0.15) is 0 Å². The van der Waals surface area contributed by atoms with Crippen LogP contribution in [0.5, 0.6) is 0 Å². The van der Waals surface area contributed by atoms with Crippen LogP contribution >= 0.6 is 34.8 Å². The van der Waals surface area contributed by atoms with E-state index in [2.05, 4.69) is 22.6 Å². The monoisotopic (exact) mass is 442 g/mol. The Morgan fingerprint density at radius 3 is 1.67 bits per heavy atom. The van der Waals surface area contributed by atoms with Crippen LogP contribution in [0.4, 0.5) is 0 Å². The molecule has 27 heavy (non-hydrogen) atoms. The van der Waals surface area contributed by atoms with Crippen molar-refractivity contribution in [2.45, 2.75) is 26.1 Å². The number of hydrogen-bond acceptors (Lipinski definition) is 8. The van der Waals surface area contributed by atoms with Crippen LogP contribution in [-0.2, 0) is 38.1 Å². The van der Waals surface area contributed by atoms with E-state index in [1.54, 1.807) is 0 Å². The maximum absolute atomic E-state index is 11.7. The van der Waals surface area contributed by atoms with Gasteiger partial charge in [-0.1, -0.05) is 48.0 Å². The Bertz CT molecular complexity index is 656. The van der Waals surface area contributed by atoms with Crippen molar-refractivity contribution in [1.82, 2.24) is 0 Å². The van der Waals surface area contributed by atoms with E-state index in [4.69, 9.17) is 44.3 Å². The third-order valence-corrected chi connectivity index (χ3v) is 2.90. The predicted molar refractivity (Wildman–Crippen MR) is 96.9 cm³/mol. The summed E-state index contributed by atoms with van der Waals surface area (Å²) in [5.74, 6) is -4.07. The quantitative estimate of drug-likeness (QED) is 0.288. The van der Waals surface area contributed by atoms with Gasteiger partial charge in [0.15, 0.2) is 12.2 Å². The van der Waals surface area contributed by atoms with Crippen LogP contribution in [0.2, 0.25) is 0 Å². The zero-order valence-electron chi connectivity index (χ0n) is 14.5. The number of rotatable bonds is 10. The Morgan fingerprint density at radius 2 is 1.26 bits per heavy atom. The number of carbonyl (C=O) groups is 4. The number of ether oxygens (including phenoxy) is 4. The molecule has 0 aromatic rings. The molecule has 0 fully saturated rings. The average molecular weight is 444 g/mol. The number of halogens is 3. The van der Waals surface area contributed by atoms with E-state index in [9.17, 15) is 19.2 Å². The fourth-order valence-electron chi connectivity index (χ4n) is 1.22. The van der Waals surface area contributed by atoms with E-state index in [0.29, 0.717) is 6.08 Å². The van der Waals surface area contributed by atoms with Gasteiger partial charge in [0.1, 0.15) is 18.2 Å². The molecule has 0 rings (SSSR count). The standard InChI is InChI=1S/C16H17Cl3O8/c1-8(17)6-24-14(21)10(3)26-13(20)5-12(19)16(23)27-11(4)15(22)25-7-9(2)18/h5,10-11H,1-2,6-7H2,3-4H3. The van der Waals surface area contributed by atoms with Crippen molar-refractivity contribution in [3.05, 3.63) is 34.3 Å². The van der Waals surface area contributed by atoms with Crippen LogP contribution in [-0.4, -0.2) is 49.3 Å². The first-order valence-electron chi connectivity index (χ1n) is 7.22. The molecule has 0 aromatic carbocycles. The molecule has 0 spiro atoms. The maximum Gasteiger partial charge on any atom is 0.350 e. The summed E-state index contributed by atoms with van der Waals surface area (Å²) in [6, 6.07) is 0. The van der Waals surface area contributed by atoms with Gasteiger partial charge in [-0.25, -0.2) is 19.2 Å². The van der Waals surface area contributed by atoms with E-state index in [0.717, 1.165) is 0 Å². The van der Waals surface area contributed by atoms with Crippen LogP contribution in [0.15, 0.2) is 34.3 Å². The molecule has 0 heterocycles. The lowest BCUT2D eigenvalue weighted by Crippen LogP contribution is -2.27. The third-order valence-electron chi connectivity index (χ3n) is 2.42. The lowest BCUT2D eigenvalue weighted by atomic mass is 10.4. The van der Waals surface area contributed by atoms with Gasteiger partial charge in [-0.05, 0) is 13.8 Å². The Labute approximate surface area is 170 Å². The maximum atomic E-state index is 11.7. The van der Waals surface area contributed by atoms with Gasteiger partial charge in [-0.3, -0.25) is 0 Å². The summed E-state index contributed by atoms with van der Waals surface area (Å²) in [5.41, 5.74) is 0. The molecule has 0 aliphatic heterocycles. The lowest BCUT2D eigenvalue weighted by molar-refractivity contribution is -0.164. The van der Waals surface area contributed by atoms with Crippen molar-refractivity contribution in [2.75, 3.05) is 13.2 Å². The van der Waals surface area contributed by atoms with E-state index in [-0.39, 0.29) is 23.3 Å². The van der Waals surface area contributed by atoms with Gasteiger partial charge in [-0.15, -0.1) is 0 Å². The highest BCUT2D eigenvalue weighted by Crippen LogP contribution is 2.10. The second-order valence-electron chi connectivity index (χ2n) is 4.87. The smallest absolute Gasteiger partial charge is 0.350 e. The zero-order chi connectivity index (χ0) is 21.1. The first-order valence-corrected chi connectivity index (χ1v) is 8.36. The van der Waals surface area contributed by atoms with Crippen LogP contribution in [0.3, 0.4) is 0 Å². The van der Waals surface area contributed by atoms with E-state index >= 15 is 0 Å². The molecule has 0 aromatic heterocycles. The molecule has 2 unspecified atom stereocenters. The lowest BCUT2D eigenvalue weighted by Gasteiger charge is -2.13. The minimum atomic E-state index is -1.32. The molecule has 0 aliphatic rings. The highest BCUT2D eigenvalue weighted by molar-refractivity contribution is 6.42. The molecular weight excluding hydrogens is 427 g/mol. The van der Waals surface area contributed by atoms with Crippen LogP contribution in [0.1, 0.15) is 13.8 Å². The van der Waals surface area contributed by atoms with Crippen LogP contribution < -0.4 is 0 Å². The van der Waals surface area contributed by atoms with Crippen molar-refractivity contribution in [1.29, 1.82) is 0 Å². The molecule has 0 amide bonds. The molecule has 8 nitrogen and oxygen atoms in total. The van der Waals surface area contributed by atoms with Gasteiger partial charge < -0.3 is 18.9 Å². The Balaban J connectivity index is 4.59.